The van der Waals surface area contributed by atoms with Gasteiger partial charge in [-0.3, -0.25) is 9.78 Å². The molecule has 98 valence electrons. The summed E-state index contributed by atoms with van der Waals surface area (Å²) in [5.74, 6) is 0.879. The topological polar surface area (TPSA) is 59.2 Å². The lowest BCUT2D eigenvalue weighted by Gasteiger charge is -2.16. The van der Waals surface area contributed by atoms with E-state index in [-0.39, 0.29) is 5.91 Å². The zero-order valence-corrected chi connectivity index (χ0v) is 10.9. The van der Waals surface area contributed by atoms with E-state index in [4.69, 9.17) is 5.73 Å². The van der Waals surface area contributed by atoms with Crippen LogP contribution >= 0.6 is 0 Å². The van der Waals surface area contributed by atoms with Crippen molar-refractivity contribution in [3.63, 3.8) is 0 Å². The van der Waals surface area contributed by atoms with Gasteiger partial charge in [-0.25, -0.2) is 0 Å². The van der Waals surface area contributed by atoms with E-state index in [2.05, 4.69) is 11.9 Å². The average Bonchev–Trinajstić information content (AvgIpc) is 2.81. The lowest BCUT2D eigenvalue weighted by atomic mass is 10.0. The maximum absolute atomic E-state index is 12.1. The molecule has 2 heterocycles. The number of nitrogen functional groups attached to an aromatic ring is 1. The molecular formula is C14H21N3O. The van der Waals surface area contributed by atoms with Crippen molar-refractivity contribution >= 4 is 11.6 Å². The van der Waals surface area contributed by atoms with Gasteiger partial charge in [-0.05, 0) is 30.9 Å². The molecule has 1 amide bonds. The summed E-state index contributed by atoms with van der Waals surface area (Å²) in [4.78, 5) is 18.2. The molecule has 0 aliphatic carbocycles. The largest absolute Gasteiger partial charge is 0.397 e. The molecule has 1 aromatic rings. The summed E-state index contributed by atoms with van der Waals surface area (Å²) in [6, 6.07) is 3.62. The molecule has 1 fully saturated rings. The van der Waals surface area contributed by atoms with Gasteiger partial charge >= 0.3 is 0 Å². The highest BCUT2D eigenvalue weighted by Gasteiger charge is 2.25. The van der Waals surface area contributed by atoms with Crippen LogP contribution in [0.4, 0.5) is 5.69 Å². The van der Waals surface area contributed by atoms with Crippen LogP contribution in [-0.2, 0) is 11.2 Å². The predicted octanol–water partition coefficient (Wildman–Crippen LogP) is 1.85. The van der Waals surface area contributed by atoms with Crippen LogP contribution in [0.5, 0.6) is 0 Å². The Balaban J connectivity index is 1.87. The van der Waals surface area contributed by atoms with Gasteiger partial charge < -0.3 is 10.6 Å². The second kappa shape index (κ2) is 5.85. The van der Waals surface area contributed by atoms with E-state index in [0.29, 0.717) is 18.0 Å². The normalized spacial score (nSPS) is 19.2. The molecule has 4 nitrogen and oxygen atoms in total. The zero-order chi connectivity index (χ0) is 13.0. The Kier molecular flexibility index (Phi) is 4.18. The average molecular weight is 247 g/mol. The third-order valence-electron chi connectivity index (χ3n) is 3.52. The van der Waals surface area contributed by atoms with Crippen molar-refractivity contribution in [2.75, 3.05) is 18.8 Å². The molecule has 0 spiro atoms. The summed E-state index contributed by atoms with van der Waals surface area (Å²) in [5, 5.41) is 0. The predicted molar refractivity (Wildman–Crippen MR) is 71.9 cm³/mol. The van der Waals surface area contributed by atoms with E-state index in [9.17, 15) is 4.79 Å². The van der Waals surface area contributed by atoms with Crippen LogP contribution in [0.25, 0.3) is 0 Å². The summed E-state index contributed by atoms with van der Waals surface area (Å²) in [6.45, 7) is 4.02. The fourth-order valence-electron chi connectivity index (χ4n) is 2.51. The van der Waals surface area contributed by atoms with E-state index >= 15 is 0 Å². The Morgan fingerprint density at radius 1 is 1.56 bits per heavy atom. The van der Waals surface area contributed by atoms with Crippen molar-refractivity contribution in [1.82, 2.24) is 9.88 Å². The monoisotopic (exact) mass is 247 g/mol. The van der Waals surface area contributed by atoms with Crippen LogP contribution < -0.4 is 5.73 Å². The van der Waals surface area contributed by atoms with Gasteiger partial charge in [-0.2, -0.15) is 0 Å². The number of pyridine rings is 1. The number of nitrogens with two attached hydrogens (primary N) is 1. The number of nitrogens with zero attached hydrogens (tertiary/aromatic N) is 2. The zero-order valence-electron chi connectivity index (χ0n) is 10.9. The second-order valence-electron chi connectivity index (χ2n) is 5.04. The molecule has 1 saturated heterocycles. The van der Waals surface area contributed by atoms with Crippen molar-refractivity contribution in [3.05, 3.63) is 24.0 Å². The maximum atomic E-state index is 12.1. The molecule has 0 saturated carbocycles. The van der Waals surface area contributed by atoms with Crippen LogP contribution in [0.1, 0.15) is 31.9 Å². The first-order chi connectivity index (χ1) is 8.69. The van der Waals surface area contributed by atoms with Gasteiger partial charge in [0.2, 0.25) is 5.91 Å². The molecule has 18 heavy (non-hydrogen) atoms. The van der Waals surface area contributed by atoms with Crippen molar-refractivity contribution < 1.29 is 4.79 Å². The summed E-state index contributed by atoms with van der Waals surface area (Å²) in [6.07, 6.45) is 5.57. The number of anilines is 1. The summed E-state index contributed by atoms with van der Waals surface area (Å²) < 4.78 is 0. The highest BCUT2D eigenvalue weighted by Crippen LogP contribution is 2.21. The van der Waals surface area contributed by atoms with Gasteiger partial charge in [-0.1, -0.05) is 13.3 Å². The number of amides is 1. The van der Waals surface area contributed by atoms with Crippen LogP contribution in [0.15, 0.2) is 18.3 Å². The SMILES string of the molecule is CCCC1CCN(C(=O)Cc2ccc(N)cn2)C1. The summed E-state index contributed by atoms with van der Waals surface area (Å²) >= 11 is 0. The molecule has 1 atom stereocenters. The van der Waals surface area contributed by atoms with Crippen molar-refractivity contribution in [2.45, 2.75) is 32.6 Å². The molecular weight excluding hydrogens is 226 g/mol. The van der Waals surface area contributed by atoms with Gasteiger partial charge in [0.05, 0.1) is 18.3 Å². The molecule has 2 N–H and O–H groups in total. The Bertz CT molecular complexity index is 402. The second-order valence-corrected chi connectivity index (χ2v) is 5.04. The molecule has 0 radical (unpaired) electrons. The third kappa shape index (κ3) is 3.22. The van der Waals surface area contributed by atoms with Crippen LogP contribution in [-0.4, -0.2) is 28.9 Å². The van der Waals surface area contributed by atoms with E-state index in [1.807, 2.05) is 11.0 Å². The Labute approximate surface area is 108 Å². The van der Waals surface area contributed by atoms with Gasteiger partial charge in [0.15, 0.2) is 0 Å². The van der Waals surface area contributed by atoms with Gasteiger partial charge in [0.1, 0.15) is 0 Å². The molecule has 1 aliphatic heterocycles. The molecule has 0 bridgehead atoms. The smallest absolute Gasteiger partial charge is 0.228 e. The third-order valence-corrected chi connectivity index (χ3v) is 3.52. The minimum Gasteiger partial charge on any atom is -0.397 e. The lowest BCUT2D eigenvalue weighted by Crippen LogP contribution is -2.30. The highest BCUT2D eigenvalue weighted by atomic mass is 16.2. The Morgan fingerprint density at radius 3 is 3.06 bits per heavy atom. The van der Waals surface area contributed by atoms with Gasteiger partial charge in [-0.15, -0.1) is 0 Å². The van der Waals surface area contributed by atoms with E-state index in [0.717, 1.165) is 25.2 Å². The Hall–Kier alpha value is -1.58. The van der Waals surface area contributed by atoms with E-state index in [1.165, 1.54) is 12.8 Å². The molecule has 2 rings (SSSR count). The fourth-order valence-corrected chi connectivity index (χ4v) is 2.51. The first-order valence-corrected chi connectivity index (χ1v) is 6.67. The van der Waals surface area contributed by atoms with Crippen molar-refractivity contribution in [2.24, 2.45) is 5.92 Å². The first kappa shape index (κ1) is 12.9. The molecule has 1 unspecified atom stereocenters. The van der Waals surface area contributed by atoms with Crippen LogP contribution in [0.2, 0.25) is 0 Å². The van der Waals surface area contributed by atoms with Crippen LogP contribution in [0, 0.1) is 5.92 Å². The van der Waals surface area contributed by atoms with Crippen LogP contribution in [0.3, 0.4) is 0 Å². The minimum absolute atomic E-state index is 0.186. The number of aromatic nitrogens is 1. The number of carbonyl (C=O) groups excluding carboxylic acids is 1. The first-order valence-electron chi connectivity index (χ1n) is 6.67. The standard InChI is InChI=1S/C14H21N3O/c1-2-3-11-6-7-17(10-11)14(18)8-13-5-4-12(15)9-16-13/h4-5,9,11H,2-3,6-8,10,15H2,1H3. The number of rotatable bonds is 4. The number of carbonyl (C=O) groups is 1. The molecule has 1 aliphatic rings. The summed E-state index contributed by atoms with van der Waals surface area (Å²) in [7, 11) is 0. The molecule has 0 aromatic carbocycles. The van der Waals surface area contributed by atoms with E-state index < -0.39 is 0 Å². The number of hydrogen-bond acceptors (Lipinski definition) is 3. The quantitative estimate of drug-likeness (QED) is 0.883. The molecule has 1 aromatic heterocycles. The van der Waals surface area contributed by atoms with Crippen molar-refractivity contribution in [3.8, 4) is 0 Å². The molecule has 4 heteroatoms. The minimum atomic E-state index is 0.186. The Morgan fingerprint density at radius 2 is 2.39 bits per heavy atom. The lowest BCUT2D eigenvalue weighted by molar-refractivity contribution is -0.129. The van der Waals surface area contributed by atoms with E-state index in [1.54, 1.807) is 12.3 Å². The fraction of sp³-hybridized carbons (Fsp3) is 0.571. The maximum Gasteiger partial charge on any atom is 0.228 e. The number of hydrogen-bond donors (Lipinski definition) is 1. The highest BCUT2D eigenvalue weighted by molar-refractivity contribution is 5.78. The van der Waals surface area contributed by atoms with Crippen molar-refractivity contribution in [1.29, 1.82) is 0 Å². The summed E-state index contributed by atoms with van der Waals surface area (Å²) in [5.41, 5.74) is 7.01. The van der Waals surface area contributed by atoms with Gasteiger partial charge in [0, 0.05) is 18.8 Å². The van der Waals surface area contributed by atoms with Gasteiger partial charge in [0.25, 0.3) is 0 Å². The number of likely N-dealkylation sites (tertiary alicyclic amines) is 1.